The van der Waals surface area contributed by atoms with Crippen molar-refractivity contribution in [2.24, 2.45) is 0 Å². The molecule has 6 nitrogen and oxygen atoms in total. The highest BCUT2D eigenvalue weighted by molar-refractivity contribution is 5.76. The van der Waals surface area contributed by atoms with Crippen LogP contribution in [0.1, 0.15) is 50.7 Å². The summed E-state index contributed by atoms with van der Waals surface area (Å²) in [7, 11) is 0. The van der Waals surface area contributed by atoms with Gasteiger partial charge in [0.1, 0.15) is 0 Å². The summed E-state index contributed by atoms with van der Waals surface area (Å²) in [6.07, 6.45) is -1.21. The third-order valence-corrected chi connectivity index (χ3v) is 7.01. The molecule has 0 aromatic heterocycles. The van der Waals surface area contributed by atoms with Crippen molar-refractivity contribution in [3.63, 3.8) is 0 Å². The lowest BCUT2D eigenvalue weighted by molar-refractivity contribution is -0.137. The topological polar surface area (TPSA) is 62.6 Å². The van der Waals surface area contributed by atoms with Gasteiger partial charge in [0, 0.05) is 63.1 Å². The fraction of sp³-hybridized carbons (Fsp3) is 0.517. The van der Waals surface area contributed by atoms with Crippen molar-refractivity contribution in [1.82, 2.24) is 9.80 Å². The second-order valence-electron chi connectivity index (χ2n) is 9.47. The first-order valence-corrected chi connectivity index (χ1v) is 13.5. The summed E-state index contributed by atoms with van der Waals surface area (Å²) >= 11 is 0. The number of likely N-dealkylation sites (tertiary alicyclic amines) is 1. The van der Waals surface area contributed by atoms with Crippen LogP contribution in [0.25, 0.3) is 0 Å². The van der Waals surface area contributed by atoms with Gasteiger partial charge in [-0.05, 0) is 68.3 Å². The van der Waals surface area contributed by atoms with Crippen LogP contribution in [0.15, 0.2) is 48.5 Å². The van der Waals surface area contributed by atoms with Gasteiger partial charge in [-0.2, -0.15) is 18.4 Å². The average molecular weight is 530 g/mol. The summed E-state index contributed by atoms with van der Waals surface area (Å²) in [5, 5.41) is 12.5. The molecule has 0 spiro atoms. The number of rotatable bonds is 7. The van der Waals surface area contributed by atoms with Crippen LogP contribution in [0.2, 0.25) is 0 Å². The molecule has 2 aliphatic heterocycles. The van der Waals surface area contributed by atoms with Gasteiger partial charge in [-0.15, -0.1) is 0 Å². The molecule has 206 valence electrons. The number of anilines is 2. The number of amides is 1. The number of piperazine rings is 1. The van der Waals surface area contributed by atoms with E-state index in [1.165, 1.54) is 0 Å². The van der Waals surface area contributed by atoms with Gasteiger partial charge >= 0.3 is 6.18 Å². The van der Waals surface area contributed by atoms with Crippen molar-refractivity contribution in [3.8, 4) is 6.07 Å². The van der Waals surface area contributed by atoms with Crippen LogP contribution in [-0.4, -0.2) is 67.6 Å². The average Bonchev–Trinajstić information content (AvgIpc) is 2.94. The molecule has 2 saturated heterocycles. The molecule has 0 atom stereocenters. The number of carbonyl (C=O) groups is 1. The molecule has 0 saturated carbocycles. The largest absolute Gasteiger partial charge is 0.416 e. The van der Waals surface area contributed by atoms with Crippen molar-refractivity contribution in [3.05, 3.63) is 59.7 Å². The van der Waals surface area contributed by atoms with Gasteiger partial charge in [0.15, 0.2) is 0 Å². The lowest BCUT2D eigenvalue weighted by atomic mass is 10.0. The molecular weight excluding hydrogens is 491 g/mol. The quantitative estimate of drug-likeness (QED) is 0.505. The Bertz CT molecular complexity index is 1050. The summed E-state index contributed by atoms with van der Waals surface area (Å²) in [4.78, 5) is 19.1. The Morgan fingerprint density at radius 2 is 1.66 bits per heavy atom. The Morgan fingerprint density at radius 1 is 1.00 bits per heavy atom. The fourth-order valence-electron chi connectivity index (χ4n) is 4.89. The molecule has 0 unspecified atom stereocenters. The van der Waals surface area contributed by atoms with Crippen LogP contribution in [0.3, 0.4) is 0 Å². The third kappa shape index (κ3) is 8.38. The highest BCUT2D eigenvalue weighted by Gasteiger charge is 2.30. The van der Waals surface area contributed by atoms with Crippen LogP contribution in [0, 0.1) is 11.3 Å². The van der Waals surface area contributed by atoms with Crippen LogP contribution < -0.4 is 10.2 Å². The number of halogens is 3. The van der Waals surface area contributed by atoms with E-state index < -0.39 is 11.7 Å². The monoisotopic (exact) mass is 529 g/mol. The first kappa shape index (κ1) is 29.3. The number of nitrogens with zero attached hydrogens (tertiary/aromatic N) is 4. The normalized spacial score (nSPS) is 16.8. The predicted octanol–water partition coefficient (Wildman–Crippen LogP) is 5.61. The molecule has 0 aliphatic carbocycles. The maximum Gasteiger partial charge on any atom is 0.416 e. The summed E-state index contributed by atoms with van der Waals surface area (Å²) < 4.78 is 38.3. The van der Waals surface area contributed by atoms with Gasteiger partial charge in [0.2, 0.25) is 5.91 Å². The lowest BCUT2D eigenvalue weighted by Crippen LogP contribution is -2.47. The van der Waals surface area contributed by atoms with Crippen LogP contribution >= 0.6 is 0 Å². The number of nitrogens with one attached hydrogen (secondary N) is 1. The Morgan fingerprint density at radius 3 is 2.26 bits per heavy atom. The lowest BCUT2D eigenvalue weighted by Gasteiger charge is -2.36. The molecule has 38 heavy (non-hydrogen) atoms. The minimum Gasteiger partial charge on any atom is -0.382 e. The number of piperidine rings is 1. The molecular formula is C29H38F3N5O. The summed E-state index contributed by atoms with van der Waals surface area (Å²) in [5.41, 5.74) is 1.76. The minimum absolute atomic E-state index is 0.198. The Labute approximate surface area is 224 Å². The molecule has 0 bridgehead atoms. The minimum atomic E-state index is -4.31. The van der Waals surface area contributed by atoms with Crippen molar-refractivity contribution in [1.29, 1.82) is 5.26 Å². The Hall–Kier alpha value is -3.25. The van der Waals surface area contributed by atoms with Gasteiger partial charge in [0.05, 0.1) is 17.2 Å². The van der Waals surface area contributed by atoms with E-state index in [1.54, 1.807) is 18.2 Å². The predicted molar refractivity (Wildman–Crippen MR) is 145 cm³/mol. The van der Waals surface area contributed by atoms with Crippen molar-refractivity contribution in [2.75, 3.05) is 56.0 Å². The van der Waals surface area contributed by atoms with Crippen LogP contribution in [0.4, 0.5) is 24.5 Å². The molecule has 2 aliphatic rings. The standard InChI is InChI=1S/C27H32F3N5O.C2H6/c28-27(29,30)22-6-8-25(9-7-22)34-17-15-33(16-18-34)12-2-5-26(36)35-13-10-23(11-14-35)32-24-4-1-3-21(19-24)20-31;1-2/h1,3-4,6-9,19,23,32H,2,5,10-18H2;1-2H3. The van der Waals surface area contributed by atoms with E-state index in [1.807, 2.05) is 36.9 Å². The fourth-order valence-corrected chi connectivity index (χ4v) is 4.89. The van der Waals surface area contributed by atoms with Gasteiger partial charge in [-0.1, -0.05) is 19.9 Å². The molecule has 2 aromatic rings. The van der Waals surface area contributed by atoms with Gasteiger partial charge < -0.3 is 15.1 Å². The first-order chi connectivity index (χ1) is 18.3. The van der Waals surface area contributed by atoms with E-state index in [2.05, 4.69) is 21.2 Å². The molecule has 1 N–H and O–H groups in total. The zero-order valence-corrected chi connectivity index (χ0v) is 22.3. The van der Waals surface area contributed by atoms with Crippen LogP contribution in [0.5, 0.6) is 0 Å². The van der Waals surface area contributed by atoms with E-state index >= 15 is 0 Å². The van der Waals surface area contributed by atoms with E-state index in [0.717, 1.165) is 88.6 Å². The summed E-state index contributed by atoms with van der Waals surface area (Å²) in [5.74, 6) is 0.198. The number of carbonyl (C=O) groups excluding carboxylic acids is 1. The van der Waals surface area contributed by atoms with Gasteiger partial charge in [-0.3, -0.25) is 9.69 Å². The van der Waals surface area contributed by atoms with Crippen molar-refractivity contribution >= 4 is 17.3 Å². The van der Waals surface area contributed by atoms with E-state index in [9.17, 15) is 18.0 Å². The smallest absolute Gasteiger partial charge is 0.382 e. The summed E-state index contributed by atoms with van der Waals surface area (Å²) in [6, 6.07) is 15.3. The number of hydrogen-bond donors (Lipinski definition) is 1. The first-order valence-electron chi connectivity index (χ1n) is 13.5. The molecule has 2 fully saturated rings. The molecule has 9 heteroatoms. The molecule has 2 heterocycles. The number of benzene rings is 2. The van der Waals surface area contributed by atoms with Gasteiger partial charge in [0.25, 0.3) is 0 Å². The molecule has 1 amide bonds. The van der Waals surface area contributed by atoms with E-state index in [-0.39, 0.29) is 5.91 Å². The number of hydrogen-bond acceptors (Lipinski definition) is 5. The van der Waals surface area contributed by atoms with Gasteiger partial charge in [-0.25, -0.2) is 0 Å². The maximum absolute atomic E-state index is 12.8. The Kier molecular flexibility index (Phi) is 10.8. The second-order valence-corrected chi connectivity index (χ2v) is 9.47. The SMILES string of the molecule is CC.N#Cc1cccc(NC2CCN(C(=O)CCCN3CCN(c4ccc(C(F)(F)F)cc4)CC3)CC2)c1. The highest BCUT2D eigenvalue weighted by atomic mass is 19.4. The third-order valence-electron chi connectivity index (χ3n) is 7.01. The van der Waals surface area contributed by atoms with E-state index in [4.69, 9.17) is 5.26 Å². The maximum atomic E-state index is 12.8. The van der Waals surface area contributed by atoms with Crippen molar-refractivity contribution < 1.29 is 18.0 Å². The zero-order chi connectivity index (χ0) is 27.5. The van der Waals surface area contributed by atoms with Crippen LogP contribution in [-0.2, 0) is 11.0 Å². The number of alkyl halides is 3. The van der Waals surface area contributed by atoms with E-state index in [0.29, 0.717) is 18.0 Å². The zero-order valence-electron chi connectivity index (χ0n) is 22.3. The summed E-state index contributed by atoms with van der Waals surface area (Å²) in [6.45, 7) is 9.51. The Balaban J connectivity index is 0.00000195. The number of nitriles is 1. The second kappa shape index (κ2) is 14.1. The highest BCUT2D eigenvalue weighted by Crippen LogP contribution is 2.30. The molecule has 0 radical (unpaired) electrons. The van der Waals surface area contributed by atoms with Crippen molar-refractivity contribution in [2.45, 2.75) is 51.7 Å². The molecule has 2 aromatic carbocycles. The molecule has 4 rings (SSSR count).